The van der Waals surface area contributed by atoms with Crippen LogP contribution in [0.5, 0.6) is 0 Å². The maximum Gasteiger partial charge on any atom is 0.226 e. The van der Waals surface area contributed by atoms with E-state index in [2.05, 4.69) is 72.9 Å². The van der Waals surface area contributed by atoms with Crippen molar-refractivity contribution in [3.05, 3.63) is 84.2 Å². The first kappa shape index (κ1) is 21.9. The Hall–Kier alpha value is -3.29. The molecule has 1 aromatic heterocycles. The molecule has 32 heavy (non-hydrogen) atoms. The lowest BCUT2D eigenvalue weighted by molar-refractivity contribution is -0.115. The van der Waals surface area contributed by atoms with Crippen LogP contribution in [0.25, 0.3) is 0 Å². The number of piperazine rings is 1. The Bertz CT molecular complexity index is 957. The average molecular weight is 431 g/mol. The van der Waals surface area contributed by atoms with Gasteiger partial charge in [-0.05, 0) is 29.3 Å². The van der Waals surface area contributed by atoms with Gasteiger partial charge in [-0.1, -0.05) is 42.5 Å². The highest BCUT2D eigenvalue weighted by Gasteiger charge is 2.17. The van der Waals surface area contributed by atoms with Crippen LogP contribution in [0.4, 0.5) is 11.6 Å². The van der Waals surface area contributed by atoms with Crippen LogP contribution in [0.1, 0.15) is 17.5 Å². The molecule has 1 aliphatic rings. The van der Waals surface area contributed by atoms with Crippen molar-refractivity contribution >= 4 is 17.5 Å². The number of aromatic nitrogens is 2. The molecule has 0 radical (unpaired) electrons. The number of nitrogens with zero attached hydrogens (tertiary/aromatic N) is 4. The Morgan fingerprint density at radius 3 is 2.00 bits per heavy atom. The zero-order valence-corrected chi connectivity index (χ0v) is 18.3. The predicted molar refractivity (Wildman–Crippen MR) is 127 cm³/mol. The summed E-state index contributed by atoms with van der Waals surface area (Å²) in [5.41, 5.74) is 3.47. The SMILES string of the molecule is O=C(CCNc1ncccn1)Nc1ccc(CN2CCN(Cc3ccccc3)CC2)cc1. The highest BCUT2D eigenvalue weighted by molar-refractivity contribution is 5.90. The number of rotatable bonds is 9. The Labute approximate surface area is 189 Å². The Kier molecular flexibility index (Phi) is 7.79. The van der Waals surface area contributed by atoms with Crippen LogP contribution in [0, 0.1) is 0 Å². The van der Waals surface area contributed by atoms with Gasteiger partial charge in [-0.2, -0.15) is 0 Å². The largest absolute Gasteiger partial charge is 0.354 e. The summed E-state index contributed by atoms with van der Waals surface area (Å²) in [4.78, 5) is 25.3. The molecule has 0 bridgehead atoms. The van der Waals surface area contributed by atoms with Gasteiger partial charge in [0.15, 0.2) is 0 Å². The number of nitrogens with one attached hydrogen (secondary N) is 2. The first-order chi connectivity index (χ1) is 15.7. The van der Waals surface area contributed by atoms with Crippen LogP contribution in [0.2, 0.25) is 0 Å². The van der Waals surface area contributed by atoms with Crippen LogP contribution in [0.3, 0.4) is 0 Å². The summed E-state index contributed by atoms with van der Waals surface area (Å²) in [7, 11) is 0. The van der Waals surface area contributed by atoms with E-state index < -0.39 is 0 Å². The molecule has 1 aliphatic heterocycles. The summed E-state index contributed by atoms with van der Waals surface area (Å²) in [6.07, 6.45) is 3.69. The van der Waals surface area contributed by atoms with E-state index in [0.29, 0.717) is 18.9 Å². The molecule has 7 nitrogen and oxygen atoms in total. The molecule has 7 heteroatoms. The van der Waals surface area contributed by atoms with Gasteiger partial charge < -0.3 is 10.6 Å². The second-order valence-corrected chi connectivity index (χ2v) is 8.03. The normalized spacial score (nSPS) is 14.8. The number of benzene rings is 2. The van der Waals surface area contributed by atoms with Gasteiger partial charge in [0.25, 0.3) is 0 Å². The minimum Gasteiger partial charge on any atom is -0.354 e. The van der Waals surface area contributed by atoms with Crippen molar-refractivity contribution in [3.8, 4) is 0 Å². The number of anilines is 2. The maximum atomic E-state index is 12.2. The minimum absolute atomic E-state index is 0.0317. The van der Waals surface area contributed by atoms with Crippen LogP contribution < -0.4 is 10.6 Å². The molecule has 0 atom stereocenters. The molecule has 1 saturated heterocycles. The first-order valence-corrected chi connectivity index (χ1v) is 11.1. The fourth-order valence-electron chi connectivity index (χ4n) is 3.80. The fourth-order valence-corrected chi connectivity index (χ4v) is 3.80. The van der Waals surface area contributed by atoms with E-state index in [-0.39, 0.29) is 5.91 Å². The van der Waals surface area contributed by atoms with Gasteiger partial charge in [0, 0.05) is 70.3 Å². The number of hydrogen-bond acceptors (Lipinski definition) is 6. The molecule has 2 N–H and O–H groups in total. The molecule has 166 valence electrons. The van der Waals surface area contributed by atoms with Gasteiger partial charge in [0.1, 0.15) is 0 Å². The molecule has 2 aromatic carbocycles. The minimum atomic E-state index is -0.0317. The number of amides is 1. The van der Waals surface area contributed by atoms with Crippen molar-refractivity contribution < 1.29 is 4.79 Å². The van der Waals surface area contributed by atoms with Gasteiger partial charge in [0.2, 0.25) is 11.9 Å². The van der Waals surface area contributed by atoms with E-state index in [4.69, 9.17) is 0 Å². The van der Waals surface area contributed by atoms with Gasteiger partial charge >= 0.3 is 0 Å². The van der Waals surface area contributed by atoms with Crippen LogP contribution in [-0.2, 0) is 17.9 Å². The van der Waals surface area contributed by atoms with E-state index in [1.54, 1.807) is 18.5 Å². The van der Waals surface area contributed by atoms with Crippen LogP contribution >= 0.6 is 0 Å². The zero-order chi connectivity index (χ0) is 22.0. The zero-order valence-electron chi connectivity index (χ0n) is 18.3. The molecule has 2 heterocycles. The van der Waals surface area contributed by atoms with Gasteiger partial charge in [-0.3, -0.25) is 14.6 Å². The second-order valence-electron chi connectivity index (χ2n) is 8.03. The standard InChI is InChI=1S/C25H30N6O/c32-24(11-14-28-25-26-12-4-13-27-25)29-23-9-7-22(8-10-23)20-31-17-15-30(16-18-31)19-21-5-2-1-3-6-21/h1-10,12-13H,11,14-20H2,(H,29,32)(H,26,27,28). The van der Waals surface area contributed by atoms with Crippen molar-refractivity contribution in [1.29, 1.82) is 0 Å². The fraction of sp³-hybridized carbons (Fsp3) is 0.320. The second kappa shape index (κ2) is 11.4. The highest BCUT2D eigenvalue weighted by atomic mass is 16.1. The molecule has 0 spiro atoms. The van der Waals surface area contributed by atoms with Crippen molar-refractivity contribution in [1.82, 2.24) is 19.8 Å². The first-order valence-electron chi connectivity index (χ1n) is 11.1. The lowest BCUT2D eigenvalue weighted by Crippen LogP contribution is -2.45. The maximum absolute atomic E-state index is 12.2. The smallest absolute Gasteiger partial charge is 0.226 e. The van der Waals surface area contributed by atoms with Crippen molar-refractivity contribution in [3.63, 3.8) is 0 Å². The van der Waals surface area contributed by atoms with Crippen LogP contribution in [0.15, 0.2) is 73.1 Å². The average Bonchev–Trinajstić information content (AvgIpc) is 2.83. The summed E-state index contributed by atoms with van der Waals surface area (Å²) < 4.78 is 0. The molecule has 0 saturated carbocycles. The monoisotopic (exact) mass is 430 g/mol. The molecular weight excluding hydrogens is 400 g/mol. The molecule has 4 rings (SSSR count). The molecule has 3 aromatic rings. The molecule has 1 amide bonds. The summed E-state index contributed by atoms with van der Waals surface area (Å²) in [6, 6.07) is 20.6. The lowest BCUT2D eigenvalue weighted by Gasteiger charge is -2.34. The topological polar surface area (TPSA) is 73.4 Å². The quantitative estimate of drug-likeness (QED) is 0.543. The van der Waals surface area contributed by atoms with E-state index in [9.17, 15) is 4.79 Å². The lowest BCUT2D eigenvalue weighted by atomic mass is 10.1. The summed E-state index contributed by atoms with van der Waals surface area (Å²) in [6.45, 7) is 6.78. The number of hydrogen-bond donors (Lipinski definition) is 2. The molecular formula is C25H30N6O. The third-order valence-electron chi connectivity index (χ3n) is 5.56. The summed E-state index contributed by atoms with van der Waals surface area (Å²) in [5.74, 6) is 0.501. The third-order valence-corrected chi connectivity index (χ3v) is 5.56. The highest BCUT2D eigenvalue weighted by Crippen LogP contribution is 2.14. The van der Waals surface area contributed by atoms with E-state index in [0.717, 1.165) is 45.0 Å². The third kappa shape index (κ3) is 6.87. The van der Waals surface area contributed by atoms with Gasteiger partial charge in [0.05, 0.1) is 0 Å². The predicted octanol–water partition coefficient (Wildman–Crippen LogP) is 3.24. The number of carbonyl (C=O) groups excluding carboxylic acids is 1. The Morgan fingerprint density at radius 2 is 1.38 bits per heavy atom. The summed E-state index contributed by atoms with van der Waals surface area (Å²) >= 11 is 0. The Morgan fingerprint density at radius 1 is 0.781 bits per heavy atom. The van der Waals surface area contributed by atoms with Crippen molar-refractivity contribution in [2.75, 3.05) is 43.4 Å². The van der Waals surface area contributed by atoms with E-state index in [1.807, 2.05) is 12.1 Å². The van der Waals surface area contributed by atoms with Gasteiger partial charge in [-0.25, -0.2) is 9.97 Å². The van der Waals surface area contributed by atoms with Crippen LogP contribution in [-0.4, -0.2) is 58.4 Å². The summed E-state index contributed by atoms with van der Waals surface area (Å²) in [5, 5.41) is 5.99. The van der Waals surface area contributed by atoms with Crippen molar-refractivity contribution in [2.45, 2.75) is 19.5 Å². The molecule has 0 aliphatic carbocycles. The Balaban J connectivity index is 1.16. The van der Waals surface area contributed by atoms with E-state index in [1.165, 1.54) is 11.1 Å². The van der Waals surface area contributed by atoms with Gasteiger partial charge in [-0.15, -0.1) is 0 Å². The molecule has 0 unspecified atom stereocenters. The molecule has 1 fully saturated rings. The van der Waals surface area contributed by atoms with Crippen molar-refractivity contribution in [2.24, 2.45) is 0 Å². The van der Waals surface area contributed by atoms with E-state index >= 15 is 0 Å². The number of carbonyl (C=O) groups is 1.